The summed E-state index contributed by atoms with van der Waals surface area (Å²) in [7, 11) is 0. The highest BCUT2D eigenvalue weighted by molar-refractivity contribution is 5.32. The second-order valence-corrected chi connectivity index (χ2v) is 3.07. The first kappa shape index (κ1) is 10.3. The van der Waals surface area contributed by atoms with E-state index in [4.69, 9.17) is 4.74 Å². The Morgan fingerprint density at radius 2 is 1.92 bits per heavy atom. The van der Waals surface area contributed by atoms with E-state index < -0.39 is 0 Å². The van der Waals surface area contributed by atoms with Gasteiger partial charge in [0.2, 0.25) is 0 Å². The summed E-state index contributed by atoms with van der Waals surface area (Å²) in [5, 5.41) is 0. The van der Waals surface area contributed by atoms with Crippen LogP contribution in [0.2, 0.25) is 0 Å². The number of aryl methyl sites for hydroxylation is 1. The van der Waals surface area contributed by atoms with E-state index in [2.05, 4.69) is 25.1 Å². The molecule has 0 N–H and O–H groups in total. The van der Waals surface area contributed by atoms with Crippen molar-refractivity contribution in [3.8, 4) is 0 Å². The zero-order valence-corrected chi connectivity index (χ0v) is 8.76. The molecule has 1 aromatic rings. The van der Waals surface area contributed by atoms with Gasteiger partial charge in [0.1, 0.15) is 0 Å². The van der Waals surface area contributed by atoms with E-state index in [0.29, 0.717) is 0 Å². The standard InChI is InChI=1S/C10H12O.C2H6/c1-8-2-3-10-7-11-5-4-9(10)6-8;1-2/h2-3,6H,4-5,7H2,1H3;1-2H3. The number of rotatable bonds is 0. The number of ether oxygens (including phenoxy) is 1. The van der Waals surface area contributed by atoms with E-state index in [0.717, 1.165) is 19.6 Å². The summed E-state index contributed by atoms with van der Waals surface area (Å²) in [5.41, 5.74) is 4.18. The lowest BCUT2D eigenvalue weighted by Gasteiger charge is -2.16. The monoisotopic (exact) mass is 178 g/mol. The molecule has 0 unspecified atom stereocenters. The van der Waals surface area contributed by atoms with Gasteiger partial charge in [0.05, 0.1) is 13.2 Å². The SMILES string of the molecule is CC.Cc1ccc2c(c1)CCOC2. The molecule has 0 aliphatic carbocycles. The fourth-order valence-electron chi connectivity index (χ4n) is 1.49. The first-order valence-corrected chi connectivity index (χ1v) is 5.02. The van der Waals surface area contributed by atoms with E-state index >= 15 is 0 Å². The van der Waals surface area contributed by atoms with Gasteiger partial charge in [-0.15, -0.1) is 0 Å². The van der Waals surface area contributed by atoms with Crippen molar-refractivity contribution in [3.63, 3.8) is 0 Å². The van der Waals surface area contributed by atoms with Crippen molar-refractivity contribution in [2.75, 3.05) is 6.61 Å². The van der Waals surface area contributed by atoms with Gasteiger partial charge in [0.15, 0.2) is 0 Å². The van der Waals surface area contributed by atoms with E-state index in [1.807, 2.05) is 13.8 Å². The molecule has 0 saturated heterocycles. The predicted octanol–water partition coefficient (Wildman–Crippen LogP) is 3.09. The normalized spacial score (nSPS) is 14.1. The summed E-state index contributed by atoms with van der Waals surface area (Å²) in [4.78, 5) is 0. The molecule has 1 aromatic carbocycles. The Bertz CT molecular complexity index is 266. The molecule has 2 rings (SSSR count). The second kappa shape index (κ2) is 5.03. The fraction of sp³-hybridized carbons (Fsp3) is 0.500. The Morgan fingerprint density at radius 1 is 1.15 bits per heavy atom. The Hall–Kier alpha value is -0.820. The van der Waals surface area contributed by atoms with Crippen LogP contribution in [0.5, 0.6) is 0 Å². The maximum Gasteiger partial charge on any atom is 0.0719 e. The highest BCUT2D eigenvalue weighted by Crippen LogP contribution is 2.17. The molecule has 0 atom stereocenters. The van der Waals surface area contributed by atoms with Gasteiger partial charge in [-0.1, -0.05) is 37.6 Å². The number of benzene rings is 1. The summed E-state index contributed by atoms with van der Waals surface area (Å²) >= 11 is 0. The lowest BCUT2D eigenvalue weighted by atomic mass is 10.0. The summed E-state index contributed by atoms with van der Waals surface area (Å²) in [6, 6.07) is 6.58. The molecule has 1 heterocycles. The maximum atomic E-state index is 5.34. The summed E-state index contributed by atoms with van der Waals surface area (Å²) < 4.78 is 5.34. The minimum absolute atomic E-state index is 0.801. The van der Waals surface area contributed by atoms with Crippen LogP contribution in [0.4, 0.5) is 0 Å². The van der Waals surface area contributed by atoms with Gasteiger partial charge in [-0.05, 0) is 24.5 Å². The van der Waals surface area contributed by atoms with Gasteiger partial charge in [0, 0.05) is 0 Å². The van der Waals surface area contributed by atoms with Crippen molar-refractivity contribution in [1.82, 2.24) is 0 Å². The Kier molecular flexibility index (Phi) is 3.97. The van der Waals surface area contributed by atoms with Crippen LogP contribution < -0.4 is 0 Å². The van der Waals surface area contributed by atoms with Crippen molar-refractivity contribution < 1.29 is 4.74 Å². The van der Waals surface area contributed by atoms with Crippen LogP contribution in [0.3, 0.4) is 0 Å². The molecule has 0 radical (unpaired) electrons. The van der Waals surface area contributed by atoms with Crippen LogP contribution in [0.15, 0.2) is 18.2 Å². The highest BCUT2D eigenvalue weighted by atomic mass is 16.5. The molecule has 0 spiro atoms. The van der Waals surface area contributed by atoms with Crippen LogP contribution in [0.1, 0.15) is 30.5 Å². The van der Waals surface area contributed by atoms with Gasteiger partial charge < -0.3 is 4.74 Å². The highest BCUT2D eigenvalue weighted by Gasteiger charge is 2.07. The Morgan fingerprint density at radius 3 is 2.69 bits per heavy atom. The smallest absolute Gasteiger partial charge is 0.0719 e. The van der Waals surface area contributed by atoms with E-state index in [-0.39, 0.29) is 0 Å². The molecule has 1 aliphatic heterocycles. The van der Waals surface area contributed by atoms with E-state index in [1.165, 1.54) is 16.7 Å². The summed E-state index contributed by atoms with van der Waals surface area (Å²) in [6.07, 6.45) is 1.08. The average molecular weight is 178 g/mol. The van der Waals surface area contributed by atoms with E-state index in [9.17, 15) is 0 Å². The number of hydrogen-bond acceptors (Lipinski definition) is 1. The van der Waals surface area contributed by atoms with Crippen LogP contribution >= 0.6 is 0 Å². The van der Waals surface area contributed by atoms with Crippen molar-refractivity contribution in [3.05, 3.63) is 34.9 Å². The van der Waals surface area contributed by atoms with Crippen LogP contribution in [0.25, 0.3) is 0 Å². The number of fused-ring (bicyclic) bond motifs is 1. The third kappa shape index (κ3) is 2.56. The molecule has 13 heavy (non-hydrogen) atoms. The molecular weight excluding hydrogens is 160 g/mol. The fourth-order valence-corrected chi connectivity index (χ4v) is 1.49. The Balaban J connectivity index is 0.000000396. The Labute approximate surface area is 80.7 Å². The van der Waals surface area contributed by atoms with Gasteiger partial charge in [-0.3, -0.25) is 0 Å². The molecule has 0 saturated carbocycles. The molecular formula is C12H18O. The molecule has 0 fully saturated rings. The van der Waals surface area contributed by atoms with Gasteiger partial charge >= 0.3 is 0 Å². The molecule has 0 bridgehead atoms. The lowest BCUT2D eigenvalue weighted by Crippen LogP contribution is -2.09. The van der Waals surface area contributed by atoms with Crippen molar-refractivity contribution >= 4 is 0 Å². The van der Waals surface area contributed by atoms with Gasteiger partial charge in [-0.25, -0.2) is 0 Å². The third-order valence-corrected chi connectivity index (χ3v) is 2.14. The number of hydrogen-bond donors (Lipinski definition) is 0. The van der Waals surface area contributed by atoms with Gasteiger partial charge in [-0.2, -0.15) is 0 Å². The quantitative estimate of drug-likeness (QED) is 0.593. The zero-order valence-electron chi connectivity index (χ0n) is 8.76. The minimum atomic E-state index is 0.801. The molecule has 0 amide bonds. The van der Waals surface area contributed by atoms with Crippen molar-refractivity contribution in [1.29, 1.82) is 0 Å². The largest absolute Gasteiger partial charge is 0.376 e. The molecule has 1 aliphatic rings. The van der Waals surface area contributed by atoms with Crippen molar-refractivity contribution in [2.24, 2.45) is 0 Å². The van der Waals surface area contributed by atoms with Gasteiger partial charge in [0.25, 0.3) is 0 Å². The first-order chi connectivity index (χ1) is 6.36. The third-order valence-electron chi connectivity index (χ3n) is 2.14. The molecule has 1 heteroatoms. The molecule has 0 aromatic heterocycles. The van der Waals surface area contributed by atoms with Crippen LogP contribution in [0, 0.1) is 6.92 Å². The van der Waals surface area contributed by atoms with Crippen LogP contribution in [-0.4, -0.2) is 6.61 Å². The molecule has 72 valence electrons. The minimum Gasteiger partial charge on any atom is -0.376 e. The predicted molar refractivity (Wildman–Crippen MR) is 55.9 cm³/mol. The van der Waals surface area contributed by atoms with E-state index in [1.54, 1.807) is 0 Å². The van der Waals surface area contributed by atoms with Crippen molar-refractivity contribution in [2.45, 2.75) is 33.8 Å². The summed E-state index contributed by atoms with van der Waals surface area (Å²) in [6.45, 7) is 7.82. The summed E-state index contributed by atoms with van der Waals surface area (Å²) in [5.74, 6) is 0. The second-order valence-electron chi connectivity index (χ2n) is 3.07. The topological polar surface area (TPSA) is 9.23 Å². The zero-order chi connectivity index (χ0) is 9.68. The van der Waals surface area contributed by atoms with Crippen LogP contribution in [-0.2, 0) is 17.8 Å². The lowest BCUT2D eigenvalue weighted by molar-refractivity contribution is 0.111. The average Bonchev–Trinajstić information content (AvgIpc) is 2.21. The molecule has 1 nitrogen and oxygen atoms in total. The maximum absolute atomic E-state index is 5.34. The first-order valence-electron chi connectivity index (χ1n) is 5.02.